The van der Waals surface area contributed by atoms with Gasteiger partial charge in [0.1, 0.15) is 0 Å². The molecule has 2 aliphatic rings. The Bertz CT molecular complexity index is 215. The number of rotatable bonds is 1. The van der Waals surface area contributed by atoms with Crippen molar-refractivity contribution in [3.63, 3.8) is 0 Å². The van der Waals surface area contributed by atoms with E-state index < -0.39 is 0 Å². The van der Waals surface area contributed by atoms with Crippen LogP contribution >= 0.6 is 0 Å². The molecule has 0 bridgehead atoms. The van der Waals surface area contributed by atoms with Gasteiger partial charge < -0.3 is 16.5 Å². The van der Waals surface area contributed by atoms with Crippen molar-refractivity contribution in [2.24, 2.45) is 16.7 Å². The number of nitrogens with two attached hydrogens (primary N) is 2. The lowest BCUT2D eigenvalue weighted by Crippen LogP contribution is -2.55. The predicted molar refractivity (Wildman–Crippen MR) is 56.6 cm³/mol. The molecule has 80 valence electrons. The van der Waals surface area contributed by atoms with Gasteiger partial charge in [-0.1, -0.05) is 6.42 Å². The molecule has 0 aromatic rings. The Morgan fingerprint density at radius 1 is 1.14 bits per heavy atom. The number of hydrazone groups is 1. The van der Waals surface area contributed by atoms with E-state index in [9.17, 15) is 0 Å². The highest BCUT2D eigenvalue weighted by atomic mass is 15.4. The number of piperazine rings is 1. The van der Waals surface area contributed by atoms with E-state index in [4.69, 9.17) is 11.6 Å². The molecule has 0 amide bonds. The van der Waals surface area contributed by atoms with E-state index in [1.807, 2.05) is 0 Å². The molecular weight excluding hydrogens is 178 g/mol. The van der Waals surface area contributed by atoms with Gasteiger partial charge in [-0.15, -0.1) is 5.10 Å². The van der Waals surface area contributed by atoms with Crippen LogP contribution in [0, 0.1) is 0 Å². The maximum Gasteiger partial charge on any atom is 0.213 e. The highest BCUT2D eigenvalue weighted by molar-refractivity contribution is 5.77. The van der Waals surface area contributed by atoms with Crippen molar-refractivity contribution >= 4 is 5.96 Å². The van der Waals surface area contributed by atoms with Crippen molar-refractivity contribution in [2.75, 3.05) is 26.2 Å². The predicted octanol–water partition coefficient (Wildman–Crippen LogP) is -0.655. The number of hydrogen-bond acceptors (Lipinski definition) is 3. The Labute approximate surface area is 84.7 Å². The van der Waals surface area contributed by atoms with Gasteiger partial charge in [-0.25, -0.2) is 0 Å². The van der Waals surface area contributed by atoms with Gasteiger partial charge in [-0.3, -0.25) is 4.90 Å². The maximum absolute atomic E-state index is 5.65. The highest BCUT2D eigenvalue weighted by Gasteiger charge is 2.28. The summed E-state index contributed by atoms with van der Waals surface area (Å²) in [5.41, 5.74) is 5.65. The summed E-state index contributed by atoms with van der Waals surface area (Å²) in [5.74, 6) is 5.61. The number of guanidine groups is 1. The summed E-state index contributed by atoms with van der Waals surface area (Å²) in [7, 11) is 0. The van der Waals surface area contributed by atoms with Crippen LogP contribution in [-0.2, 0) is 0 Å². The van der Waals surface area contributed by atoms with Crippen LogP contribution in [0.2, 0.25) is 0 Å². The maximum atomic E-state index is 5.65. The average Bonchev–Trinajstić information content (AvgIpc) is 2.15. The van der Waals surface area contributed by atoms with Gasteiger partial charge in [0.15, 0.2) is 0 Å². The quantitative estimate of drug-likeness (QED) is 0.253. The summed E-state index contributed by atoms with van der Waals surface area (Å²) in [4.78, 5) is 4.61. The van der Waals surface area contributed by atoms with Crippen molar-refractivity contribution in [2.45, 2.75) is 25.3 Å². The Hall–Kier alpha value is -0.970. The smallest absolute Gasteiger partial charge is 0.213 e. The Kier molecular flexibility index (Phi) is 2.77. The van der Waals surface area contributed by atoms with Crippen LogP contribution in [0.25, 0.3) is 0 Å². The van der Waals surface area contributed by atoms with Crippen LogP contribution in [0.5, 0.6) is 0 Å². The summed E-state index contributed by atoms with van der Waals surface area (Å²) in [6.07, 6.45) is 4.15. The molecule has 0 aromatic carbocycles. The van der Waals surface area contributed by atoms with Crippen LogP contribution in [0.3, 0.4) is 0 Å². The minimum Gasteiger partial charge on any atom is -0.368 e. The first-order valence-electron chi connectivity index (χ1n) is 5.33. The third-order valence-corrected chi connectivity index (χ3v) is 3.36. The zero-order valence-corrected chi connectivity index (χ0v) is 8.52. The van der Waals surface area contributed by atoms with Crippen molar-refractivity contribution < 1.29 is 0 Å². The monoisotopic (exact) mass is 197 g/mol. The average molecular weight is 197 g/mol. The fourth-order valence-electron chi connectivity index (χ4n) is 2.15. The second-order valence-electron chi connectivity index (χ2n) is 4.10. The molecule has 0 radical (unpaired) electrons. The molecule has 1 heterocycles. The molecule has 0 atom stereocenters. The Morgan fingerprint density at radius 2 is 1.79 bits per heavy atom. The Balaban J connectivity index is 1.79. The van der Waals surface area contributed by atoms with Crippen LogP contribution in [0.15, 0.2) is 5.10 Å². The summed E-state index contributed by atoms with van der Waals surface area (Å²) < 4.78 is 0. The third-order valence-electron chi connectivity index (χ3n) is 3.36. The minimum absolute atomic E-state index is 0.471. The molecule has 2 rings (SSSR count). The molecule has 4 N–H and O–H groups in total. The largest absolute Gasteiger partial charge is 0.368 e. The van der Waals surface area contributed by atoms with E-state index in [0.29, 0.717) is 5.96 Å². The molecule has 1 aliphatic heterocycles. The molecule has 1 aliphatic carbocycles. The standard InChI is InChI=1S/C9H19N5/c10-9(12-11)14-6-4-13(5-7-14)8-2-1-3-8/h8H,1-7,11H2,(H2,10,12). The molecule has 0 aromatic heterocycles. The van der Waals surface area contributed by atoms with Gasteiger partial charge in [-0.2, -0.15) is 0 Å². The lowest BCUT2D eigenvalue weighted by atomic mass is 9.91. The summed E-state index contributed by atoms with van der Waals surface area (Å²) in [6.45, 7) is 4.12. The van der Waals surface area contributed by atoms with E-state index in [-0.39, 0.29) is 0 Å². The number of hydrogen-bond donors (Lipinski definition) is 2. The third kappa shape index (κ3) is 1.77. The molecule has 0 spiro atoms. The minimum atomic E-state index is 0.471. The first-order chi connectivity index (χ1) is 6.81. The van der Waals surface area contributed by atoms with Gasteiger partial charge in [-0.05, 0) is 12.8 Å². The van der Waals surface area contributed by atoms with Crippen LogP contribution in [0.4, 0.5) is 0 Å². The topological polar surface area (TPSA) is 70.9 Å². The molecule has 1 saturated carbocycles. The molecular formula is C9H19N5. The van der Waals surface area contributed by atoms with Gasteiger partial charge in [0.25, 0.3) is 0 Å². The van der Waals surface area contributed by atoms with Crippen molar-refractivity contribution in [3.05, 3.63) is 0 Å². The molecule has 14 heavy (non-hydrogen) atoms. The van der Waals surface area contributed by atoms with Crippen LogP contribution in [0.1, 0.15) is 19.3 Å². The van der Waals surface area contributed by atoms with Crippen molar-refractivity contribution in [1.82, 2.24) is 9.80 Å². The van der Waals surface area contributed by atoms with Crippen molar-refractivity contribution in [3.8, 4) is 0 Å². The Morgan fingerprint density at radius 3 is 2.21 bits per heavy atom. The van der Waals surface area contributed by atoms with Gasteiger partial charge in [0, 0.05) is 32.2 Å². The fourth-order valence-corrected chi connectivity index (χ4v) is 2.15. The lowest BCUT2D eigenvalue weighted by Gasteiger charge is -2.43. The van der Waals surface area contributed by atoms with Gasteiger partial charge >= 0.3 is 0 Å². The second kappa shape index (κ2) is 4.04. The summed E-state index contributed by atoms with van der Waals surface area (Å²) in [5, 5.41) is 3.52. The van der Waals surface area contributed by atoms with E-state index in [1.165, 1.54) is 19.3 Å². The first kappa shape index (κ1) is 9.58. The van der Waals surface area contributed by atoms with Gasteiger partial charge in [0.2, 0.25) is 5.96 Å². The van der Waals surface area contributed by atoms with Crippen LogP contribution < -0.4 is 11.6 Å². The van der Waals surface area contributed by atoms with Crippen molar-refractivity contribution in [1.29, 1.82) is 0 Å². The van der Waals surface area contributed by atoms with E-state index in [2.05, 4.69) is 14.9 Å². The number of nitrogens with zero attached hydrogens (tertiary/aromatic N) is 3. The molecule has 2 fully saturated rings. The molecule has 5 nitrogen and oxygen atoms in total. The normalized spacial score (nSPS) is 26.3. The molecule has 1 saturated heterocycles. The van der Waals surface area contributed by atoms with Crippen LogP contribution in [-0.4, -0.2) is 48.0 Å². The molecule has 0 unspecified atom stereocenters. The van der Waals surface area contributed by atoms with E-state index in [0.717, 1.165) is 32.2 Å². The lowest BCUT2D eigenvalue weighted by molar-refractivity contribution is 0.0849. The fraction of sp³-hybridized carbons (Fsp3) is 0.889. The van der Waals surface area contributed by atoms with E-state index >= 15 is 0 Å². The SMILES string of the molecule is N/N=C(\N)N1CCN(C2CCC2)CC1. The van der Waals surface area contributed by atoms with Gasteiger partial charge in [0.05, 0.1) is 0 Å². The summed E-state index contributed by atoms with van der Waals surface area (Å²) >= 11 is 0. The second-order valence-corrected chi connectivity index (χ2v) is 4.10. The zero-order valence-electron chi connectivity index (χ0n) is 8.52. The molecule has 5 heteroatoms. The summed E-state index contributed by atoms with van der Waals surface area (Å²) in [6, 6.07) is 0.841. The first-order valence-corrected chi connectivity index (χ1v) is 5.33. The van der Waals surface area contributed by atoms with E-state index in [1.54, 1.807) is 0 Å². The zero-order chi connectivity index (χ0) is 9.97. The highest BCUT2D eigenvalue weighted by Crippen LogP contribution is 2.25.